The molecule has 96 valence electrons. The Hall–Kier alpha value is -1.19. The maximum absolute atomic E-state index is 10.5. The summed E-state index contributed by atoms with van der Waals surface area (Å²) in [6.45, 7) is 0. The average molecular weight is 262 g/mol. The van der Waals surface area contributed by atoms with Gasteiger partial charge in [-0.25, -0.2) is 4.21 Å². The van der Waals surface area contributed by atoms with Gasteiger partial charge in [0.2, 0.25) is 0 Å². The fourth-order valence-electron chi connectivity index (χ4n) is 2.23. The SMILES string of the molecule is O=S(O)CCCCCc1cccc2ccccc12. The highest BCUT2D eigenvalue weighted by atomic mass is 32.2. The first-order valence-electron chi connectivity index (χ1n) is 6.31. The van der Waals surface area contributed by atoms with Gasteiger partial charge < -0.3 is 4.55 Å². The molecule has 0 amide bonds. The predicted octanol–water partition coefficient (Wildman–Crippen LogP) is 3.77. The molecule has 1 N–H and O–H groups in total. The Morgan fingerprint density at radius 1 is 0.944 bits per heavy atom. The summed E-state index contributed by atoms with van der Waals surface area (Å²) in [4.78, 5) is 0. The van der Waals surface area contributed by atoms with Crippen molar-refractivity contribution in [2.75, 3.05) is 5.75 Å². The summed E-state index contributed by atoms with van der Waals surface area (Å²) >= 11 is -1.64. The second kappa shape index (κ2) is 6.66. The molecule has 0 aromatic heterocycles. The molecule has 3 heteroatoms. The normalized spacial score (nSPS) is 12.7. The van der Waals surface area contributed by atoms with E-state index in [9.17, 15) is 4.21 Å². The molecule has 0 radical (unpaired) electrons. The predicted molar refractivity (Wildman–Crippen MR) is 77.1 cm³/mol. The van der Waals surface area contributed by atoms with Crippen molar-refractivity contribution >= 4 is 21.9 Å². The maximum atomic E-state index is 10.5. The van der Waals surface area contributed by atoms with E-state index in [1.807, 2.05) is 0 Å². The summed E-state index contributed by atoms with van der Waals surface area (Å²) < 4.78 is 19.2. The zero-order valence-electron chi connectivity index (χ0n) is 10.3. The van der Waals surface area contributed by atoms with Crippen molar-refractivity contribution in [3.8, 4) is 0 Å². The smallest absolute Gasteiger partial charge is 0.152 e. The van der Waals surface area contributed by atoms with Crippen LogP contribution in [0.2, 0.25) is 0 Å². The molecule has 18 heavy (non-hydrogen) atoms. The van der Waals surface area contributed by atoms with Gasteiger partial charge in [0.15, 0.2) is 11.1 Å². The van der Waals surface area contributed by atoms with Crippen molar-refractivity contribution < 1.29 is 8.76 Å². The van der Waals surface area contributed by atoms with Gasteiger partial charge >= 0.3 is 0 Å². The minimum Gasteiger partial charge on any atom is -0.306 e. The van der Waals surface area contributed by atoms with Crippen molar-refractivity contribution in [2.24, 2.45) is 0 Å². The first-order valence-corrected chi connectivity index (χ1v) is 7.59. The lowest BCUT2D eigenvalue weighted by atomic mass is 10.00. The molecule has 2 nitrogen and oxygen atoms in total. The number of fused-ring (bicyclic) bond motifs is 1. The van der Waals surface area contributed by atoms with Crippen LogP contribution in [0.15, 0.2) is 42.5 Å². The molecule has 2 rings (SSSR count). The molecular weight excluding hydrogens is 244 g/mol. The molecule has 0 heterocycles. The van der Waals surface area contributed by atoms with Gasteiger partial charge in [0.05, 0.1) is 0 Å². The van der Waals surface area contributed by atoms with Gasteiger partial charge in [-0.1, -0.05) is 48.9 Å². The fraction of sp³-hybridized carbons (Fsp3) is 0.333. The van der Waals surface area contributed by atoms with E-state index in [-0.39, 0.29) is 0 Å². The molecule has 0 spiro atoms. The van der Waals surface area contributed by atoms with Gasteiger partial charge in [0, 0.05) is 5.75 Å². The molecule has 1 unspecified atom stereocenters. The van der Waals surface area contributed by atoms with Crippen LogP contribution in [0, 0.1) is 0 Å². The Kier molecular flexibility index (Phi) is 4.90. The van der Waals surface area contributed by atoms with Crippen molar-refractivity contribution in [1.82, 2.24) is 0 Å². The molecule has 0 saturated carbocycles. The Morgan fingerprint density at radius 2 is 1.72 bits per heavy atom. The van der Waals surface area contributed by atoms with Crippen LogP contribution >= 0.6 is 0 Å². The molecule has 0 aliphatic heterocycles. The monoisotopic (exact) mass is 262 g/mol. The second-order valence-electron chi connectivity index (χ2n) is 4.47. The molecule has 0 bridgehead atoms. The first-order chi connectivity index (χ1) is 8.77. The van der Waals surface area contributed by atoms with Crippen LogP contribution in [0.1, 0.15) is 24.8 Å². The highest BCUT2D eigenvalue weighted by molar-refractivity contribution is 7.79. The van der Waals surface area contributed by atoms with Crippen molar-refractivity contribution in [2.45, 2.75) is 25.7 Å². The first kappa shape index (κ1) is 13.2. The van der Waals surface area contributed by atoms with Crippen molar-refractivity contribution in [3.05, 3.63) is 48.0 Å². The fourth-order valence-corrected chi connectivity index (χ4v) is 2.68. The topological polar surface area (TPSA) is 37.3 Å². The highest BCUT2D eigenvalue weighted by Crippen LogP contribution is 2.20. The Balaban J connectivity index is 1.93. The number of aryl methyl sites for hydroxylation is 1. The zero-order valence-corrected chi connectivity index (χ0v) is 11.2. The van der Waals surface area contributed by atoms with E-state index >= 15 is 0 Å². The summed E-state index contributed by atoms with van der Waals surface area (Å²) in [6.07, 6.45) is 3.95. The molecular formula is C15H18O2S. The van der Waals surface area contributed by atoms with Crippen LogP contribution in [0.3, 0.4) is 0 Å². The van der Waals surface area contributed by atoms with E-state index in [1.54, 1.807) is 0 Å². The minimum absolute atomic E-state index is 0.398. The molecule has 2 aromatic rings. The van der Waals surface area contributed by atoms with E-state index in [0.717, 1.165) is 25.7 Å². The van der Waals surface area contributed by atoms with Crippen LogP contribution in [-0.4, -0.2) is 14.5 Å². The maximum Gasteiger partial charge on any atom is 0.152 e. The van der Waals surface area contributed by atoms with Crippen LogP contribution in [0.5, 0.6) is 0 Å². The van der Waals surface area contributed by atoms with E-state index < -0.39 is 11.1 Å². The Labute approximate surface area is 110 Å². The Morgan fingerprint density at radius 3 is 2.56 bits per heavy atom. The lowest BCUT2D eigenvalue weighted by Gasteiger charge is -2.06. The molecule has 0 aliphatic carbocycles. The lowest BCUT2D eigenvalue weighted by molar-refractivity contribution is 0.559. The average Bonchev–Trinajstić information content (AvgIpc) is 2.38. The number of benzene rings is 2. The van der Waals surface area contributed by atoms with Gasteiger partial charge in [-0.05, 0) is 35.6 Å². The van der Waals surface area contributed by atoms with E-state index in [2.05, 4.69) is 42.5 Å². The molecule has 0 aliphatic rings. The highest BCUT2D eigenvalue weighted by Gasteiger charge is 2.00. The molecule has 0 saturated heterocycles. The van der Waals surface area contributed by atoms with Gasteiger partial charge in [-0.3, -0.25) is 0 Å². The van der Waals surface area contributed by atoms with E-state index in [4.69, 9.17) is 4.55 Å². The van der Waals surface area contributed by atoms with Crippen LogP contribution in [0.4, 0.5) is 0 Å². The number of unbranched alkanes of at least 4 members (excludes halogenated alkanes) is 2. The van der Waals surface area contributed by atoms with E-state index in [0.29, 0.717) is 5.75 Å². The standard InChI is InChI=1S/C15H18O2S/c16-18(17)12-5-1-2-7-13-9-6-10-14-8-3-4-11-15(13)14/h3-4,6,8-11H,1-2,5,7,12H2,(H,16,17). The van der Waals surface area contributed by atoms with Crippen molar-refractivity contribution in [1.29, 1.82) is 0 Å². The summed E-state index contributed by atoms with van der Waals surface area (Å²) in [5.41, 5.74) is 1.37. The van der Waals surface area contributed by atoms with Gasteiger partial charge in [0.25, 0.3) is 0 Å². The summed E-state index contributed by atoms with van der Waals surface area (Å²) in [7, 11) is 0. The number of rotatable bonds is 6. The van der Waals surface area contributed by atoms with Gasteiger partial charge in [-0.2, -0.15) is 0 Å². The summed E-state index contributed by atoms with van der Waals surface area (Å²) in [6, 6.07) is 14.8. The molecule has 1 atom stereocenters. The van der Waals surface area contributed by atoms with Gasteiger partial charge in [-0.15, -0.1) is 0 Å². The lowest BCUT2D eigenvalue weighted by Crippen LogP contribution is -1.95. The summed E-state index contributed by atoms with van der Waals surface area (Å²) in [5.74, 6) is 0.398. The third kappa shape index (κ3) is 3.65. The largest absolute Gasteiger partial charge is 0.306 e. The molecule has 2 aromatic carbocycles. The van der Waals surface area contributed by atoms with E-state index in [1.165, 1.54) is 16.3 Å². The quantitative estimate of drug-likeness (QED) is 0.635. The Bertz CT molecular complexity index is 532. The number of hydrogen-bond donors (Lipinski definition) is 1. The zero-order chi connectivity index (χ0) is 12.8. The third-order valence-corrected chi connectivity index (χ3v) is 3.78. The molecule has 0 fully saturated rings. The van der Waals surface area contributed by atoms with Crippen LogP contribution in [0.25, 0.3) is 10.8 Å². The van der Waals surface area contributed by atoms with Crippen LogP contribution in [-0.2, 0) is 17.5 Å². The summed E-state index contributed by atoms with van der Waals surface area (Å²) in [5, 5.41) is 2.61. The number of hydrogen-bond acceptors (Lipinski definition) is 1. The minimum atomic E-state index is -1.64. The third-order valence-electron chi connectivity index (χ3n) is 3.15. The van der Waals surface area contributed by atoms with Crippen molar-refractivity contribution in [3.63, 3.8) is 0 Å². The van der Waals surface area contributed by atoms with Gasteiger partial charge in [0.1, 0.15) is 0 Å². The second-order valence-corrected chi connectivity index (χ2v) is 5.53. The van der Waals surface area contributed by atoms with Crippen LogP contribution < -0.4 is 0 Å².